The van der Waals surface area contributed by atoms with Gasteiger partial charge >= 0.3 is 5.97 Å². The van der Waals surface area contributed by atoms with Crippen molar-refractivity contribution >= 4 is 72.9 Å². The first-order valence-electron chi connectivity index (χ1n) is 12.4. The molecule has 1 saturated heterocycles. The van der Waals surface area contributed by atoms with Gasteiger partial charge in [-0.25, -0.2) is 9.78 Å². The van der Waals surface area contributed by atoms with Crippen LogP contribution in [-0.4, -0.2) is 58.6 Å². The summed E-state index contributed by atoms with van der Waals surface area (Å²) in [7, 11) is 3.07. The molecule has 4 aromatic rings. The quantitative estimate of drug-likeness (QED) is 0.127. The summed E-state index contributed by atoms with van der Waals surface area (Å²) >= 11 is 8.18. The van der Waals surface area contributed by atoms with E-state index in [0.29, 0.717) is 44.6 Å². The molecular weight excluding hydrogens is 583 g/mol. The molecule has 41 heavy (non-hydrogen) atoms. The number of carbonyl (C=O) groups is 2. The summed E-state index contributed by atoms with van der Waals surface area (Å²) < 4.78 is 18.1. The first kappa shape index (κ1) is 28.4. The minimum absolute atomic E-state index is 0.105. The van der Waals surface area contributed by atoms with Crippen molar-refractivity contribution in [2.75, 3.05) is 33.1 Å². The molecule has 0 aliphatic carbocycles. The van der Waals surface area contributed by atoms with E-state index in [0.717, 1.165) is 26.9 Å². The first-order valence-corrected chi connectivity index (χ1v) is 14.5. The predicted octanol–water partition coefficient (Wildman–Crippen LogP) is 5.93. The minimum Gasteiger partial charge on any atom is -0.496 e. The zero-order valence-electron chi connectivity index (χ0n) is 22.1. The number of anilines is 1. The van der Waals surface area contributed by atoms with E-state index < -0.39 is 5.97 Å². The van der Waals surface area contributed by atoms with E-state index in [1.807, 2.05) is 42.5 Å². The summed E-state index contributed by atoms with van der Waals surface area (Å²) in [6, 6.07) is 16.1. The third-order valence-corrected chi connectivity index (χ3v) is 8.53. The van der Waals surface area contributed by atoms with Crippen LogP contribution >= 0.6 is 35.3 Å². The number of methoxy groups -OCH3 is 2. The Hall–Kier alpha value is -4.13. The number of thiocarbonyl (C=S) groups is 1. The fraction of sp³-hybridized carbons (Fsp3) is 0.172. The van der Waals surface area contributed by atoms with Gasteiger partial charge in [0.15, 0.2) is 16.6 Å². The van der Waals surface area contributed by atoms with E-state index in [9.17, 15) is 9.59 Å². The number of hydrogen-bond acceptors (Lipinski definition) is 10. The van der Waals surface area contributed by atoms with Gasteiger partial charge in [-0.2, -0.15) is 0 Å². The van der Waals surface area contributed by atoms with Gasteiger partial charge in [-0.15, -0.1) is 0 Å². The van der Waals surface area contributed by atoms with Crippen molar-refractivity contribution in [3.8, 4) is 28.4 Å². The van der Waals surface area contributed by atoms with E-state index in [4.69, 9.17) is 37.3 Å². The van der Waals surface area contributed by atoms with Crippen LogP contribution in [0.3, 0.4) is 0 Å². The number of nitrogen functional groups attached to an aromatic ring is 1. The van der Waals surface area contributed by atoms with E-state index in [2.05, 4.69) is 4.98 Å². The number of carboxylic acids is 1. The smallest absolute Gasteiger partial charge is 0.335 e. The molecule has 5 rings (SSSR count). The highest BCUT2D eigenvalue weighted by molar-refractivity contribution is 8.26. The molecule has 3 N–H and O–H groups in total. The molecule has 1 amide bonds. The zero-order chi connectivity index (χ0) is 29.1. The average molecular weight is 608 g/mol. The molecule has 0 atom stereocenters. The van der Waals surface area contributed by atoms with E-state index in [-0.39, 0.29) is 18.1 Å². The molecule has 1 aliphatic heterocycles. The molecule has 1 aromatic heterocycles. The lowest BCUT2D eigenvalue weighted by Gasteiger charge is -2.15. The Balaban J connectivity index is 1.27. The predicted molar refractivity (Wildman–Crippen MR) is 166 cm³/mol. The Morgan fingerprint density at radius 1 is 1.07 bits per heavy atom. The van der Waals surface area contributed by atoms with Gasteiger partial charge < -0.3 is 25.1 Å². The highest BCUT2D eigenvalue weighted by Gasteiger charge is 2.31. The van der Waals surface area contributed by atoms with Gasteiger partial charge in [-0.05, 0) is 66.1 Å². The SMILES string of the molecule is COc1cc(C(=O)O)ccc1OCCCN1C(=O)/C(=C/c2ccc(OC)c(-c3ccc4nc(N)sc4c3)c2)SC1=S. The van der Waals surface area contributed by atoms with Crippen LogP contribution in [0, 0.1) is 0 Å². The van der Waals surface area contributed by atoms with Crippen LogP contribution in [0.2, 0.25) is 0 Å². The van der Waals surface area contributed by atoms with Gasteiger partial charge in [0.2, 0.25) is 0 Å². The molecule has 0 unspecified atom stereocenters. The van der Waals surface area contributed by atoms with Crippen molar-refractivity contribution in [1.82, 2.24) is 9.88 Å². The second-order valence-electron chi connectivity index (χ2n) is 8.90. The molecule has 0 spiro atoms. The number of thiazole rings is 1. The molecule has 3 aromatic carbocycles. The molecule has 210 valence electrons. The van der Waals surface area contributed by atoms with Crippen molar-refractivity contribution in [3.63, 3.8) is 0 Å². The number of thioether (sulfide) groups is 1. The third-order valence-electron chi connectivity index (χ3n) is 6.31. The molecule has 9 nitrogen and oxygen atoms in total. The van der Waals surface area contributed by atoms with Crippen molar-refractivity contribution in [3.05, 3.63) is 70.6 Å². The number of carboxylic acid groups (broad SMARTS) is 1. The number of hydrogen-bond donors (Lipinski definition) is 2. The summed E-state index contributed by atoms with van der Waals surface area (Å²) in [5, 5.41) is 9.67. The molecule has 2 heterocycles. The average Bonchev–Trinajstić information content (AvgIpc) is 3.47. The van der Waals surface area contributed by atoms with Crippen LogP contribution < -0.4 is 19.9 Å². The number of aromatic carboxylic acids is 1. The van der Waals surface area contributed by atoms with Crippen molar-refractivity contribution in [2.24, 2.45) is 0 Å². The van der Waals surface area contributed by atoms with Crippen LogP contribution in [-0.2, 0) is 4.79 Å². The van der Waals surface area contributed by atoms with Gasteiger partial charge in [-0.1, -0.05) is 47.4 Å². The number of benzene rings is 3. The van der Waals surface area contributed by atoms with Crippen molar-refractivity contribution in [2.45, 2.75) is 6.42 Å². The van der Waals surface area contributed by atoms with E-state index >= 15 is 0 Å². The van der Waals surface area contributed by atoms with Crippen LogP contribution in [0.25, 0.3) is 27.4 Å². The molecule has 1 fully saturated rings. The van der Waals surface area contributed by atoms with Crippen LogP contribution in [0.15, 0.2) is 59.5 Å². The molecular formula is C29H25N3O6S3. The second kappa shape index (κ2) is 12.2. The van der Waals surface area contributed by atoms with Gasteiger partial charge in [0.05, 0.1) is 41.5 Å². The Labute approximate surface area is 249 Å². The Kier molecular flexibility index (Phi) is 8.43. The molecule has 0 bridgehead atoms. The van der Waals surface area contributed by atoms with E-state index in [1.54, 1.807) is 18.1 Å². The Morgan fingerprint density at radius 3 is 2.61 bits per heavy atom. The monoisotopic (exact) mass is 607 g/mol. The highest BCUT2D eigenvalue weighted by Crippen LogP contribution is 2.37. The summed E-state index contributed by atoms with van der Waals surface area (Å²) in [5.41, 5.74) is 9.50. The number of rotatable bonds is 10. The zero-order valence-corrected chi connectivity index (χ0v) is 24.5. The number of ether oxygens (including phenoxy) is 3. The Morgan fingerprint density at radius 2 is 1.85 bits per heavy atom. The number of amides is 1. The van der Waals surface area contributed by atoms with Crippen molar-refractivity contribution < 1.29 is 28.9 Å². The van der Waals surface area contributed by atoms with Crippen LogP contribution in [0.5, 0.6) is 17.2 Å². The topological polar surface area (TPSA) is 124 Å². The van der Waals surface area contributed by atoms with Crippen LogP contribution in [0.1, 0.15) is 22.3 Å². The van der Waals surface area contributed by atoms with Gasteiger partial charge in [0, 0.05) is 12.1 Å². The van der Waals surface area contributed by atoms with E-state index in [1.165, 1.54) is 42.3 Å². The molecule has 0 saturated carbocycles. The number of nitrogens with zero attached hydrogens (tertiary/aromatic N) is 2. The number of carbonyl (C=O) groups excluding carboxylic acids is 1. The number of aromatic nitrogens is 1. The second-order valence-corrected chi connectivity index (χ2v) is 11.6. The van der Waals surface area contributed by atoms with Gasteiger partial charge in [0.25, 0.3) is 5.91 Å². The Bertz CT molecular complexity index is 1700. The summed E-state index contributed by atoms with van der Waals surface area (Å²) in [6.45, 7) is 0.667. The fourth-order valence-corrected chi connectivity index (χ4v) is 6.40. The molecule has 0 radical (unpaired) electrons. The molecule has 1 aliphatic rings. The van der Waals surface area contributed by atoms with Gasteiger partial charge in [0.1, 0.15) is 10.1 Å². The maximum absolute atomic E-state index is 13.2. The lowest BCUT2D eigenvalue weighted by Crippen LogP contribution is -2.29. The normalized spacial score (nSPS) is 14.2. The van der Waals surface area contributed by atoms with Crippen LogP contribution in [0.4, 0.5) is 5.13 Å². The number of fused-ring (bicyclic) bond motifs is 1. The minimum atomic E-state index is -1.05. The first-order chi connectivity index (χ1) is 19.8. The number of nitrogens with two attached hydrogens (primary N) is 1. The fourth-order valence-electron chi connectivity index (χ4n) is 4.32. The highest BCUT2D eigenvalue weighted by atomic mass is 32.2. The lowest BCUT2D eigenvalue weighted by atomic mass is 10.0. The third kappa shape index (κ3) is 6.14. The molecule has 12 heteroatoms. The largest absolute Gasteiger partial charge is 0.496 e. The summed E-state index contributed by atoms with van der Waals surface area (Å²) in [5.74, 6) is 0.249. The summed E-state index contributed by atoms with van der Waals surface area (Å²) in [6.07, 6.45) is 2.34. The maximum atomic E-state index is 13.2. The summed E-state index contributed by atoms with van der Waals surface area (Å²) in [4.78, 5) is 30.8. The maximum Gasteiger partial charge on any atom is 0.335 e. The van der Waals surface area contributed by atoms with Gasteiger partial charge in [-0.3, -0.25) is 9.69 Å². The standard InChI is InChI=1S/C29H25N3O6S3/c1-36-21-8-4-16(12-19(21)17-5-7-20-24(15-17)40-28(30)31-20)13-25-26(33)32(29(39)41-25)10-3-11-38-22-9-6-18(27(34)35)14-23(22)37-2/h4-9,12-15H,3,10-11H2,1-2H3,(H2,30,31)(H,34,35)/b25-13-. The van der Waals surface area contributed by atoms with Crippen molar-refractivity contribution in [1.29, 1.82) is 0 Å². The lowest BCUT2D eigenvalue weighted by molar-refractivity contribution is -0.122.